The van der Waals surface area contributed by atoms with E-state index in [2.05, 4.69) is 15.2 Å². The van der Waals surface area contributed by atoms with Gasteiger partial charge in [0.05, 0.1) is 6.26 Å². The van der Waals surface area contributed by atoms with E-state index in [0.29, 0.717) is 12.4 Å². The molecule has 3 N–H and O–H groups in total. The summed E-state index contributed by atoms with van der Waals surface area (Å²) in [4.78, 5) is 4.34. The third kappa shape index (κ3) is 2.07. The molecule has 0 amide bonds. The number of aromatic amines is 1. The third-order valence-electron chi connectivity index (χ3n) is 2.21. The van der Waals surface area contributed by atoms with Gasteiger partial charge in [0.15, 0.2) is 5.76 Å². The van der Waals surface area contributed by atoms with Gasteiger partial charge in [-0.05, 0) is 31.5 Å². The van der Waals surface area contributed by atoms with E-state index in [4.69, 9.17) is 10.2 Å². The summed E-state index contributed by atoms with van der Waals surface area (Å²) in [6, 6.07) is 1.89. The number of aryl methyl sites for hydroxylation is 2. The zero-order valence-corrected chi connectivity index (χ0v) is 8.66. The average Bonchev–Trinajstić information content (AvgIpc) is 2.83. The third-order valence-corrected chi connectivity index (χ3v) is 2.21. The van der Waals surface area contributed by atoms with E-state index in [1.807, 2.05) is 13.0 Å². The van der Waals surface area contributed by atoms with E-state index in [1.54, 1.807) is 6.26 Å². The fourth-order valence-electron chi connectivity index (χ4n) is 1.38. The largest absolute Gasteiger partial charge is 0.461 e. The summed E-state index contributed by atoms with van der Waals surface area (Å²) in [6.45, 7) is 2.63. The second-order valence-electron chi connectivity index (χ2n) is 3.43. The number of nitrogens with one attached hydrogen (secondary N) is 1. The summed E-state index contributed by atoms with van der Waals surface area (Å²) in [5, 5.41) is 6.98. The number of nitrogens with zero attached hydrogens (tertiary/aromatic N) is 2. The Hall–Kier alpha value is -1.62. The van der Waals surface area contributed by atoms with Crippen LogP contribution in [0.2, 0.25) is 0 Å². The van der Waals surface area contributed by atoms with Crippen LogP contribution in [0.5, 0.6) is 0 Å². The molecule has 80 valence electrons. The Bertz CT molecular complexity index is 432. The fraction of sp³-hybridized carbons (Fsp3) is 0.400. The average molecular weight is 206 g/mol. The summed E-state index contributed by atoms with van der Waals surface area (Å²) in [7, 11) is 0. The second-order valence-corrected chi connectivity index (χ2v) is 3.43. The maximum Gasteiger partial charge on any atom is 0.217 e. The molecule has 15 heavy (non-hydrogen) atoms. The van der Waals surface area contributed by atoms with Crippen LogP contribution in [0.15, 0.2) is 16.7 Å². The number of hydrogen-bond donors (Lipinski definition) is 2. The lowest BCUT2D eigenvalue weighted by Crippen LogP contribution is -2.01. The van der Waals surface area contributed by atoms with Gasteiger partial charge in [-0.25, -0.2) is 4.98 Å². The summed E-state index contributed by atoms with van der Waals surface area (Å²) in [5.41, 5.74) is 6.46. The molecule has 0 aromatic carbocycles. The van der Waals surface area contributed by atoms with Crippen molar-refractivity contribution >= 4 is 0 Å². The normalized spacial score (nSPS) is 10.8. The van der Waals surface area contributed by atoms with E-state index >= 15 is 0 Å². The highest BCUT2D eigenvalue weighted by Gasteiger charge is 2.10. The van der Waals surface area contributed by atoms with Gasteiger partial charge in [0, 0.05) is 6.42 Å². The van der Waals surface area contributed by atoms with Crippen LogP contribution in [0.3, 0.4) is 0 Å². The van der Waals surface area contributed by atoms with Crippen molar-refractivity contribution in [3.8, 4) is 11.6 Å². The van der Waals surface area contributed by atoms with E-state index in [1.165, 1.54) is 0 Å². The zero-order chi connectivity index (χ0) is 10.7. The molecule has 2 aromatic rings. The lowest BCUT2D eigenvalue weighted by atomic mass is 10.3. The van der Waals surface area contributed by atoms with Crippen molar-refractivity contribution < 1.29 is 4.42 Å². The molecule has 0 fully saturated rings. The number of nitrogens with two attached hydrogens (primary N) is 1. The van der Waals surface area contributed by atoms with Gasteiger partial charge in [-0.3, -0.25) is 5.10 Å². The van der Waals surface area contributed by atoms with Gasteiger partial charge in [0.1, 0.15) is 5.82 Å². The molecule has 0 unspecified atom stereocenters. The highest BCUT2D eigenvalue weighted by Crippen LogP contribution is 2.20. The van der Waals surface area contributed by atoms with Gasteiger partial charge in [0.2, 0.25) is 5.82 Å². The first kappa shape index (κ1) is 9.92. The van der Waals surface area contributed by atoms with Crippen molar-refractivity contribution in [2.24, 2.45) is 5.73 Å². The molecule has 0 saturated heterocycles. The molecule has 0 aliphatic carbocycles. The number of aromatic nitrogens is 3. The topological polar surface area (TPSA) is 80.7 Å². The molecule has 2 rings (SSSR count). The Morgan fingerprint density at radius 3 is 3.07 bits per heavy atom. The van der Waals surface area contributed by atoms with Gasteiger partial charge >= 0.3 is 0 Å². The number of hydrogen-bond acceptors (Lipinski definition) is 4. The maximum absolute atomic E-state index is 5.42. The van der Waals surface area contributed by atoms with Crippen LogP contribution in [0, 0.1) is 6.92 Å². The van der Waals surface area contributed by atoms with E-state index in [-0.39, 0.29) is 0 Å². The standard InChI is InChI=1S/C10H14N4O/c1-7-4-6-15-9(7)10-12-8(13-14-10)3-2-5-11/h4,6H,2-3,5,11H2,1H3,(H,12,13,14). The van der Waals surface area contributed by atoms with Crippen LogP contribution < -0.4 is 5.73 Å². The molecule has 5 heteroatoms. The first-order valence-electron chi connectivity index (χ1n) is 4.97. The molecule has 0 atom stereocenters. The van der Waals surface area contributed by atoms with Crippen LogP contribution in [0.25, 0.3) is 11.6 Å². The predicted octanol–water partition coefficient (Wildman–Crippen LogP) is 1.26. The van der Waals surface area contributed by atoms with Crippen LogP contribution in [0.4, 0.5) is 0 Å². The molecule has 0 aliphatic heterocycles. The molecule has 0 saturated carbocycles. The van der Waals surface area contributed by atoms with E-state index < -0.39 is 0 Å². The monoisotopic (exact) mass is 206 g/mol. The lowest BCUT2D eigenvalue weighted by Gasteiger charge is -1.91. The van der Waals surface area contributed by atoms with Gasteiger partial charge in [-0.15, -0.1) is 0 Å². The summed E-state index contributed by atoms with van der Waals surface area (Å²) >= 11 is 0. The minimum Gasteiger partial charge on any atom is -0.461 e. The molecule has 2 aromatic heterocycles. The first-order valence-corrected chi connectivity index (χ1v) is 4.97. The highest BCUT2D eigenvalue weighted by atomic mass is 16.3. The van der Waals surface area contributed by atoms with Gasteiger partial charge in [-0.2, -0.15) is 5.10 Å². The second kappa shape index (κ2) is 4.27. The quantitative estimate of drug-likeness (QED) is 0.789. The number of H-pyrrole nitrogens is 1. The van der Waals surface area contributed by atoms with Crippen molar-refractivity contribution in [3.63, 3.8) is 0 Å². The smallest absolute Gasteiger partial charge is 0.217 e. The van der Waals surface area contributed by atoms with Crippen molar-refractivity contribution in [2.45, 2.75) is 19.8 Å². The Balaban J connectivity index is 2.17. The molecule has 2 heterocycles. The first-order chi connectivity index (χ1) is 7.31. The SMILES string of the molecule is Cc1ccoc1-c1n[nH]c(CCCN)n1. The molecule has 5 nitrogen and oxygen atoms in total. The van der Waals surface area contributed by atoms with Crippen LogP contribution in [-0.2, 0) is 6.42 Å². The summed E-state index contributed by atoms with van der Waals surface area (Å²) < 4.78 is 5.30. The molecule has 0 spiro atoms. The zero-order valence-electron chi connectivity index (χ0n) is 8.66. The van der Waals surface area contributed by atoms with E-state index in [9.17, 15) is 0 Å². The molecular weight excluding hydrogens is 192 g/mol. The fourth-order valence-corrected chi connectivity index (χ4v) is 1.38. The maximum atomic E-state index is 5.42. The molecule has 0 bridgehead atoms. The van der Waals surface area contributed by atoms with Crippen molar-refractivity contribution in [3.05, 3.63) is 23.7 Å². The van der Waals surface area contributed by atoms with Crippen molar-refractivity contribution in [1.29, 1.82) is 0 Å². The summed E-state index contributed by atoms with van der Waals surface area (Å²) in [5.74, 6) is 2.20. The minimum absolute atomic E-state index is 0.615. The Labute approximate surface area is 87.7 Å². The predicted molar refractivity (Wildman–Crippen MR) is 56.2 cm³/mol. The molecular formula is C10H14N4O. The molecule has 0 radical (unpaired) electrons. The van der Waals surface area contributed by atoms with Gasteiger partial charge < -0.3 is 10.2 Å². The number of rotatable bonds is 4. The van der Waals surface area contributed by atoms with Crippen LogP contribution in [-0.4, -0.2) is 21.7 Å². The van der Waals surface area contributed by atoms with E-state index in [0.717, 1.165) is 30.0 Å². The van der Waals surface area contributed by atoms with Gasteiger partial charge in [0.25, 0.3) is 0 Å². The number of furan rings is 1. The Morgan fingerprint density at radius 2 is 2.40 bits per heavy atom. The van der Waals surface area contributed by atoms with Gasteiger partial charge in [-0.1, -0.05) is 0 Å². The highest BCUT2D eigenvalue weighted by molar-refractivity contribution is 5.51. The Morgan fingerprint density at radius 1 is 1.53 bits per heavy atom. The molecule has 0 aliphatic rings. The van der Waals surface area contributed by atoms with Crippen molar-refractivity contribution in [1.82, 2.24) is 15.2 Å². The minimum atomic E-state index is 0.615. The van der Waals surface area contributed by atoms with Crippen LogP contribution in [0.1, 0.15) is 17.8 Å². The van der Waals surface area contributed by atoms with Crippen molar-refractivity contribution in [2.75, 3.05) is 6.54 Å². The summed E-state index contributed by atoms with van der Waals surface area (Å²) in [6.07, 6.45) is 3.37. The van der Waals surface area contributed by atoms with Crippen LogP contribution >= 0.6 is 0 Å². The lowest BCUT2D eigenvalue weighted by molar-refractivity contribution is 0.576. The Kier molecular flexibility index (Phi) is 2.82.